The number of imidazole rings is 1. The lowest BCUT2D eigenvalue weighted by Crippen LogP contribution is -2.34. The zero-order valence-electron chi connectivity index (χ0n) is 14.9. The second kappa shape index (κ2) is 7.38. The van der Waals surface area contributed by atoms with Crippen molar-refractivity contribution in [3.63, 3.8) is 0 Å². The van der Waals surface area contributed by atoms with Gasteiger partial charge in [-0.15, -0.1) is 0 Å². The number of anilines is 1. The first-order valence-corrected chi connectivity index (χ1v) is 9.08. The van der Waals surface area contributed by atoms with Crippen LogP contribution in [0.15, 0.2) is 42.6 Å². The van der Waals surface area contributed by atoms with Crippen molar-refractivity contribution in [3.8, 4) is 0 Å². The van der Waals surface area contributed by atoms with E-state index in [1.807, 2.05) is 0 Å². The molecule has 0 unspecified atom stereocenters. The van der Waals surface area contributed by atoms with Crippen LogP contribution < -0.4 is 10.6 Å². The minimum Gasteiger partial charge on any atom is -0.348 e. The second-order valence-corrected chi connectivity index (χ2v) is 6.74. The number of carbonyl (C=O) groups excluding carboxylic acids is 2. The molecular formula is C20H18F2N4O2. The number of carbonyl (C=O) groups is 2. The number of benzene rings is 1. The highest BCUT2D eigenvalue weighted by atomic mass is 19.1. The van der Waals surface area contributed by atoms with Crippen LogP contribution in [-0.2, 0) is 0 Å². The molecule has 0 spiro atoms. The van der Waals surface area contributed by atoms with Gasteiger partial charge in [0.25, 0.3) is 11.8 Å². The van der Waals surface area contributed by atoms with Gasteiger partial charge in [-0.3, -0.25) is 14.0 Å². The smallest absolute Gasteiger partial charge is 0.272 e. The highest BCUT2D eigenvalue weighted by Gasteiger charge is 2.26. The summed E-state index contributed by atoms with van der Waals surface area (Å²) in [5.74, 6) is -3.42. The molecule has 0 atom stereocenters. The highest BCUT2D eigenvalue weighted by Crippen LogP contribution is 2.22. The van der Waals surface area contributed by atoms with Crippen LogP contribution >= 0.6 is 0 Å². The molecule has 0 bridgehead atoms. The van der Waals surface area contributed by atoms with E-state index in [4.69, 9.17) is 0 Å². The van der Waals surface area contributed by atoms with Crippen LogP contribution in [-0.4, -0.2) is 27.2 Å². The molecule has 1 aromatic carbocycles. The molecule has 0 aliphatic heterocycles. The third kappa shape index (κ3) is 3.33. The molecule has 3 aromatic rings. The summed E-state index contributed by atoms with van der Waals surface area (Å²) in [6.45, 7) is 0. The third-order valence-electron chi connectivity index (χ3n) is 4.86. The molecule has 1 aliphatic carbocycles. The van der Waals surface area contributed by atoms with Crippen molar-refractivity contribution < 1.29 is 18.4 Å². The van der Waals surface area contributed by atoms with Crippen LogP contribution in [0, 0.1) is 11.6 Å². The number of nitrogens with one attached hydrogen (secondary N) is 2. The Labute approximate surface area is 159 Å². The third-order valence-corrected chi connectivity index (χ3v) is 4.86. The number of aromatic nitrogens is 2. The Balaban J connectivity index is 1.70. The van der Waals surface area contributed by atoms with Gasteiger partial charge in [0.2, 0.25) is 0 Å². The van der Waals surface area contributed by atoms with E-state index < -0.39 is 29.0 Å². The van der Waals surface area contributed by atoms with Crippen molar-refractivity contribution in [2.45, 2.75) is 31.7 Å². The largest absolute Gasteiger partial charge is 0.348 e. The predicted octanol–water partition coefficient (Wildman–Crippen LogP) is 3.54. The number of fused-ring (bicyclic) bond motifs is 1. The van der Waals surface area contributed by atoms with Crippen LogP contribution in [0.2, 0.25) is 0 Å². The van der Waals surface area contributed by atoms with E-state index in [2.05, 4.69) is 15.6 Å². The quantitative estimate of drug-likeness (QED) is 0.723. The number of pyridine rings is 1. The van der Waals surface area contributed by atoms with Crippen molar-refractivity contribution in [1.29, 1.82) is 0 Å². The standard InChI is InChI=1S/C20H18F2N4O2/c21-13-8-5-9-14(22)16(13)19(27)25-18-17(20(28)23-12-6-1-2-7-12)26-11-4-3-10-15(26)24-18/h3-5,8-12H,1-2,6-7H2,(H,23,28)(H,25,27). The lowest BCUT2D eigenvalue weighted by molar-refractivity contribution is 0.0933. The molecule has 8 heteroatoms. The summed E-state index contributed by atoms with van der Waals surface area (Å²) in [6, 6.07) is 8.37. The maximum atomic E-state index is 13.9. The minimum absolute atomic E-state index is 0.0469. The molecule has 1 aliphatic rings. The van der Waals surface area contributed by atoms with Crippen molar-refractivity contribution in [2.24, 2.45) is 0 Å². The maximum Gasteiger partial charge on any atom is 0.272 e. The van der Waals surface area contributed by atoms with Crippen molar-refractivity contribution in [2.75, 3.05) is 5.32 Å². The van der Waals surface area contributed by atoms with Gasteiger partial charge < -0.3 is 10.6 Å². The lowest BCUT2D eigenvalue weighted by Gasteiger charge is -2.13. The number of halogens is 2. The van der Waals surface area contributed by atoms with Crippen molar-refractivity contribution in [3.05, 3.63) is 65.5 Å². The van der Waals surface area contributed by atoms with Gasteiger partial charge in [-0.05, 0) is 37.1 Å². The van der Waals surface area contributed by atoms with Gasteiger partial charge in [-0.2, -0.15) is 0 Å². The number of rotatable bonds is 4. The SMILES string of the molecule is O=C(Nc1nc2ccccn2c1C(=O)NC1CCCC1)c1c(F)cccc1F. The van der Waals surface area contributed by atoms with Crippen LogP contribution in [0.4, 0.5) is 14.6 Å². The summed E-state index contributed by atoms with van der Waals surface area (Å²) < 4.78 is 29.4. The molecule has 1 fully saturated rings. The Bertz CT molecular complexity index is 1040. The van der Waals surface area contributed by atoms with Crippen molar-refractivity contribution >= 4 is 23.3 Å². The second-order valence-electron chi connectivity index (χ2n) is 6.74. The van der Waals surface area contributed by atoms with Crippen LogP contribution in [0.5, 0.6) is 0 Å². The number of hydrogen-bond acceptors (Lipinski definition) is 3. The Hall–Kier alpha value is -3.29. The molecule has 2 aromatic heterocycles. The molecule has 0 saturated heterocycles. The molecule has 2 N–H and O–H groups in total. The molecule has 4 rings (SSSR count). The number of hydrogen-bond donors (Lipinski definition) is 2. The van der Waals surface area contributed by atoms with Gasteiger partial charge >= 0.3 is 0 Å². The monoisotopic (exact) mass is 384 g/mol. The predicted molar refractivity (Wildman–Crippen MR) is 99.2 cm³/mol. The number of nitrogens with zero attached hydrogens (tertiary/aromatic N) is 2. The van der Waals surface area contributed by atoms with E-state index >= 15 is 0 Å². The molecule has 1 saturated carbocycles. The van der Waals surface area contributed by atoms with Gasteiger partial charge in [-0.25, -0.2) is 13.8 Å². The van der Waals surface area contributed by atoms with E-state index in [9.17, 15) is 18.4 Å². The summed E-state index contributed by atoms with van der Waals surface area (Å²) in [6.07, 6.45) is 5.53. The number of amides is 2. The van der Waals surface area contributed by atoms with Crippen LogP contribution in [0.3, 0.4) is 0 Å². The molecule has 144 valence electrons. The molecule has 2 heterocycles. The van der Waals surface area contributed by atoms with E-state index in [0.29, 0.717) is 5.65 Å². The van der Waals surface area contributed by atoms with Gasteiger partial charge in [-0.1, -0.05) is 25.0 Å². The van der Waals surface area contributed by atoms with Gasteiger partial charge in [0.05, 0.1) is 0 Å². The summed E-state index contributed by atoms with van der Waals surface area (Å²) in [4.78, 5) is 29.6. The Morgan fingerprint density at radius 2 is 1.71 bits per heavy atom. The fraction of sp³-hybridized carbons (Fsp3) is 0.250. The Kier molecular flexibility index (Phi) is 4.77. The zero-order valence-corrected chi connectivity index (χ0v) is 14.9. The van der Waals surface area contributed by atoms with Crippen molar-refractivity contribution in [1.82, 2.24) is 14.7 Å². The fourth-order valence-corrected chi connectivity index (χ4v) is 3.51. The topological polar surface area (TPSA) is 75.5 Å². The summed E-state index contributed by atoms with van der Waals surface area (Å²) >= 11 is 0. The molecule has 6 nitrogen and oxygen atoms in total. The first kappa shape index (κ1) is 18.1. The maximum absolute atomic E-state index is 13.9. The van der Waals surface area contributed by atoms with Gasteiger partial charge in [0, 0.05) is 12.2 Å². The van der Waals surface area contributed by atoms with E-state index in [-0.39, 0.29) is 17.6 Å². The van der Waals surface area contributed by atoms with Gasteiger partial charge in [0.15, 0.2) is 11.5 Å². The van der Waals surface area contributed by atoms with E-state index in [0.717, 1.165) is 37.8 Å². The Morgan fingerprint density at radius 3 is 2.43 bits per heavy atom. The molecule has 0 radical (unpaired) electrons. The summed E-state index contributed by atoms with van der Waals surface area (Å²) in [5.41, 5.74) is -0.169. The lowest BCUT2D eigenvalue weighted by atomic mass is 10.2. The fourth-order valence-electron chi connectivity index (χ4n) is 3.51. The minimum atomic E-state index is -1.01. The Morgan fingerprint density at radius 1 is 1.00 bits per heavy atom. The molecular weight excluding hydrogens is 366 g/mol. The highest BCUT2D eigenvalue weighted by molar-refractivity contribution is 6.08. The first-order valence-electron chi connectivity index (χ1n) is 9.08. The van der Waals surface area contributed by atoms with E-state index in [1.54, 1.807) is 24.4 Å². The zero-order chi connectivity index (χ0) is 19.7. The molecule has 2 amide bonds. The first-order chi connectivity index (χ1) is 13.5. The van der Waals surface area contributed by atoms with Crippen LogP contribution in [0.25, 0.3) is 5.65 Å². The summed E-state index contributed by atoms with van der Waals surface area (Å²) in [7, 11) is 0. The van der Waals surface area contributed by atoms with E-state index in [1.165, 1.54) is 10.5 Å². The van der Waals surface area contributed by atoms with Crippen LogP contribution in [0.1, 0.15) is 46.5 Å². The average molecular weight is 384 g/mol. The normalized spacial score (nSPS) is 14.4. The average Bonchev–Trinajstić information content (AvgIpc) is 3.28. The summed E-state index contributed by atoms with van der Waals surface area (Å²) in [5, 5.41) is 5.34. The van der Waals surface area contributed by atoms with Gasteiger partial charge in [0.1, 0.15) is 22.8 Å². The molecule has 28 heavy (non-hydrogen) atoms.